The molecule has 0 bridgehead atoms. The third-order valence-corrected chi connectivity index (χ3v) is 5.94. The zero-order chi connectivity index (χ0) is 23.1. The molecule has 11 heteroatoms. The van der Waals surface area contributed by atoms with Crippen LogP contribution in [0.3, 0.4) is 0 Å². The Morgan fingerprint density at radius 1 is 1.03 bits per heavy atom. The number of imidazole rings is 1. The van der Waals surface area contributed by atoms with Gasteiger partial charge in [0.05, 0.1) is 13.2 Å². The molecule has 0 aliphatic heterocycles. The molecule has 0 aliphatic rings. The first-order chi connectivity index (χ1) is 15.3. The maximum atomic E-state index is 12.8. The van der Waals surface area contributed by atoms with Crippen molar-refractivity contribution >= 4 is 15.8 Å². The molecule has 0 amide bonds. The molecule has 3 rings (SSSR count). The van der Waals surface area contributed by atoms with Gasteiger partial charge in [-0.15, -0.1) is 0 Å². The molecule has 10 nitrogen and oxygen atoms in total. The number of aromatic nitrogens is 4. The average Bonchev–Trinajstić information content (AvgIpc) is 3.17. The van der Waals surface area contributed by atoms with Crippen LogP contribution in [0.5, 0.6) is 11.5 Å². The second-order valence-electron chi connectivity index (χ2n) is 6.80. The monoisotopic (exact) mass is 460 g/mol. The van der Waals surface area contributed by atoms with E-state index in [2.05, 4.69) is 25.0 Å². The van der Waals surface area contributed by atoms with Gasteiger partial charge in [-0.1, -0.05) is 0 Å². The van der Waals surface area contributed by atoms with Crippen LogP contribution in [0, 0.1) is 13.8 Å². The lowest BCUT2D eigenvalue weighted by molar-refractivity contribution is 0.317. The highest BCUT2D eigenvalue weighted by atomic mass is 32.2. The van der Waals surface area contributed by atoms with Gasteiger partial charge in [-0.2, -0.15) is 0 Å². The van der Waals surface area contributed by atoms with Crippen molar-refractivity contribution in [3.8, 4) is 17.3 Å². The van der Waals surface area contributed by atoms with Crippen molar-refractivity contribution in [1.29, 1.82) is 0 Å². The van der Waals surface area contributed by atoms with Crippen LogP contribution in [-0.4, -0.2) is 54.2 Å². The van der Waals surface area contributed by atoms with Crippen molar-refractivity contribution in [1.82, 2.24) is 24.2 Å². The standard InChI is InChI=1S/C21H28N6O4S/c1-5-30-17-7-8-19(18(13-17)31-6-2)32(28,29)24-10-9-23-20-14-21(26-15(3)25-20)27-12-11-22-16(27)4/h7-8,11-14,24H,5-6,9-10H2,1-4H3,(H,23,25,26). The van der Waals surface area contributed by atoms with E-state index >= 15 is 0 Å². The summed E-state index contributed by atoms with van der Waals surface area (Å²) in [7, 11) is -3.77. The topological polar surface area (TPSA) is 120 Å². The number of hydrogen-bond donors (Lipinski definition) is 2. The number of benzene rings is 1. The van der Waals surface area contributed by atoms with E-state index < -0.39 is 10.0 Å². The Morgan fingerprint density at radius 3 is 2.50 bits per heavy atom. The van der Waals surface area contributed by atoms with Gasteiger partial charge in [-0.25, -0.2) is 28.1 Å². The summed E-state index contributed by atoms with van der Waals surface area (Å²) in [5.41, 5.74) is 0. The number of rotatable bonds is 11. The lowest BCUT2D eigenvalue weighted by Gasteiger charge is -2.14. The van der Waals surface area contributed by atoms with Crippen LogP contribution < -0.4 is 19.5 Å². The molecular formula is C21H28N6O4S. The lowest BCUT2D eigenvalue weighted by atomic mass is 10.3. The summed E-state index contributed by atoms with van der Waals surface area (Å²) in [4.78, 5) is 13.1. The Morgan fingerprint density at radius 2 is 1.81 bits per heavy atom. The molecule has 0 unspecified atom stereocenters. The van der Waals surface area contributed by atoms with E-state index in [0.29, 0.717) is 43.0 Å². The third-order valence-electron chi connectivity index (χ3n) is 4.44. The molecular weight excluding hydrogens is 432 g/mol. The predicted octanol–water partition coefficient (Wildman–Crippen LogP) is 2.47. The molecule has 0 spiro atoms. The summed E-state index contributed by atoms with van der Waals surface area (Å²) in [5.74, 6) is 3.49. The molecule has 0 aliphatic carbocycles. The van der Waals surface area contributed by atoms with Crippen LogP contribution in [0.15, 0.2) is 41.6 Å². The summed E-state index contributed by atoms with van der Waals surface area (Å²) in [6, 6.07) is 6.47. The van der Waals surface area contributed by atoms with E-state index in [-0.39, 0.29) is 17.2 Å². The van der Waals surface area contributed by atoms with Crippen molar-refractivity contribution in [2.45, 2.75) is 32.6 Å². The number of ether oxygens (including phenoxy) is 2. The fourth-order valence-corrected chi connectivity index (χ4v) is 4.23. The second-order valence-corrected chi connectivity index (χ2v) is 8.54. The molecule has 2 heterocycles. The zero-order valence-corrected chi connectivity index (χ0v) is 19.4. The van der Waals surface area contributed by atoms with E-state index in [1.165, 1.54) is 6.07 Å². The van der Waals surface area contributed by atoms with Gasteiger partial charge in [0.25, 0.3) is 0 Å². The molecule has 3 aromatic rings. The van der Waals surface area contributed by atoms with Crippen LogP contribution in [0.1, 0.15) is 25.5 Å². The highest BCUT2D eigenvalue weighted by molar-refractivity contribution is 7.89. The van der Waals surface area contributed by atoms with Crippen LogP contribution in [0.4, 0.5) is 5.82 Å². The van der Waals surface area contributed by atoms with Crippen molar-refractivity contribution < 1.29 is 17.9 Å². The average molecular weight is 461 g/mol. The lowest BCUT2D eigenvalue weighted by Crippen LogP contribution is -2.29. The Kier molecular flexibility index (Phi) is 7.65. The van der Waals surface area contributed by atoms with Gasteiger partial charge in [0.15, 0.2) is 0 Å². The predicted molar refractivity (Wildman–Crippen MR) is 121 cm³/mol. The van der Waals surface area contributed by atoms with E-state index in [1.54, 1.807) is 38.2 Å². The maximum Gasteiger partial charge on any atom is 0.244 e. The van der Waals surface area contributed by atoms with Gasteiger partial charge >= 0.3 is 0 Å². The third kappa shape index (κ3) is 5.74. The first-order valence-corrected chi connectivity index (χ1v) is 11.8. The van der Waals surface area contributed by atoms with Crippen molar-refractivity contribution in [3.63, 3.8) is 0 Å². The van der Waals surface area contributed by atoms with Gasteiger partial charge < -0.3 is 14.8 Å². The van der Waals surface area contributed by atoms with Crippen molar-refractivity contribution in [2.24, 2.45) is 0 Å². The molecule has 0 atom stereocenters. The molecule has 32 heavy (non-hydrogen) atoms. The van der Waals surface area contributed by atoms with Crippen molar-refractivity contribution in [3.05, 3.63) is 48.3 Å². The van der Waals surface area contributed by atoms with Crippen molar-refractivity contribution in [2.75, 3.05) is 31.6 Å². The highest BCUT2D eigenvalue weighted by Crippen LogP contribution is 2.28. The molecule has 1 aromatic carbocycles. The largest absolute Gasteiger partial charge is 0.494 e. The number of anilines is 1. The maximum absolute atomic E-state index is 12.8. The Balaban J connectivity index is 1.65. The van der Waals surface area contributed by atoms with Gasteiger partial charge in [0, 0.05) is 37.6 Å². The molecule has 172 valence electrons. The van der Waals surface area contributed by atoms with Gasteiger partial charge in [0.1, 0.15) is 39.7 Å². The number of aryl methyl sites for hydroxylation is 2. The zero-order valence-electron chi connectivity index (χ0n) is 18.6. The SMILES string of the molecule is CCOc1ccc(S(=O)(=O)NCCNc2cc(-n3ccnc3C)nc(C)n2)c(OCC)c1. The number of hydrogen-bond acceptors (Lipinski definition) is 8. The molecule has 2 N–H and O–H groups in total. The Bertz CT molecular complexity index is 1160. The van der Waals surface area contributed by atoms with E-state index in [0.717, 1.165) is 5.82 Å². The number of nitrogens with zero attached hydrogens (tertiary/aromatic N) is 4. The first kappa shape index (κ1) is 23.5. The Hall–Kier alpha value is -3.18. The minimum absolute atomic E-state index is 0.0681. The molecule has 2 aromatic heterocycles. The smallest absolute Gasteiger partial charge is 0.244 e. The summed E-state index contributed by atoms with van der Waals surface area (Å²) >= 11 is 0. The molecule has 0 radical (unpaired) electrons. The molecule has 0 saturated heterocycles. The van der Waals surface area contributed by atoms with Crippen LogP contribution in [0.25, 0.3) is 5.82 Å². The summed E-state index contributed by atoms with van der Waals surface area (Å²) < 4.78 is 41.0. The van der Waals surface area contributed by atoms with Gasteiger partial charge in [-0.05, 0) is 39.8 Å². The van der Waals surface area contributed by atoms with E-state index in [1.807, 2.05) is 24.6 Å². The highest BCUT2D eigenvalue weighted by Gasteiger charge is 2.20. The van der Waals surface area contributed by atoms with Gasteiger partial charge in [-0.3, -0.25) is 4.57 Å². The molecule has 0 saturated carbocycles. The Labute approximate surface area is 188 Å². The summed E-state index contributed by atoms with van der Waals surface area (Å²) in [5, 5.41) is 3.13. The second kappa shape index (κ2) is 10.4. The van der Waals surface area contributed by atoms with Crippen LogP contribution in [-0.2, 0) is 10.0 Å². The van der Waals surface area contributed by atoms with E-state index in [4.69, 9.17) is 9.47 Å². The number of nitrogens with one attached hydrogen (secondary N) is 2. The normalized spacial score (nSPS) is 11.4. The number of sulfonamides is 1. The molecule has 0 fully saturated rings. The van der Waals surface area contributed by atoms with E-state index in [9.17, 15) is 8.42 Å². The van der Waals surface area contributed by atoms with Crippen LogP contribution >= 0.6 is 0 Å². The first-order valence-electron chi connectivity index (χ1n) is 10.3. The van der Waals surface area contributed by atoms with Crippen LogP contribution in [0.2, 0.25) is 0 Å². The quantitative estimate of drug-likeness (QED) is 0.419. The fraction of sp³-hybridized carbons (Fsp3) is 0.381. The minimum Gasteiger partial charge on any atom is -0.494 e. The summed E-state index contributed by atoms with van der Waals surface area (Å²) in [6.45, 7) is 8.64. The fourth-order valence-electron chi connectivity index (χ4n) is 3.07. The minimum atomic E-state index is -3.77. The summed E-state index contributed by atoms with van der Waals surface area (Å²) in [6.07, 6.45) is 3.52. The van der Waals surface area contributed by atoms with Gasteiger partial charge in [0.2, 0.25) is 10.0 Å².